The quantitative estimate of drug-likeness (QED) is 0.379. The number of hydrogen-bond acceptors (Lipinski definition) is 2. The summed E-state index contributed by atoms with van der Waals surface area (Å²) < 4.78 is 0. The fraction of sp³-hybridized carbons (Fsp3) is 0.294. The summed E-state index contributed by atoms with van der Waals surface area (Å²) >= 11 is 8.14. The summed E-state index contributed by atoms with van der Waals surface area (Å²) in [6.45, 7) is 0. The molecule has 0 aromatic rings. The normalized spacial score (nSPS) is 46.5. The van der Waals surface area contributed by atoms with E-state index in [9.17, 15) is 0 Å². The maximum Gasteiger partial charge on any atom is 0.0269 e. The number of rotatable bonds is 1. The van der Waals surface area contributed by atoms with Gasteiger partial charge in [0.05, 0.1) is 0 Å². The van der Waals surface area contributed by atoms with Crippen LogP contribution < -0.4 is 0 Å². The molecule has 1 unspecified atom stereocenters. The summed E-state index contributed by atoms with van der Waals surface area (Å²) in [5, 5.41) is -0.369. The summed E-state index contributed by atoms with van der Waals surface area (Å²) in [4.78, 5) is 0. The molecule has 5 atom stereocenters. The van der Waals surface area contributed by atoms with E-state index in [-0.39, 0.29) is 17.1 Å². The first kappa shape index (κ1) is 17.1. The van der Waals surface area contributed by atoms with Gasteiger partial charge >= 0.3 is 0 Å². The Kier molecular flexibility index (Phi) is 5.71. The first-order chi connectivity index (χ1) is 9.79. The second-order valence-electron chi connectivity index (χ2n) is 5.71. The van der Waals surface area contributed by atoms with Crippen molar-refractivity contribution in [3.05, 3.63) is 75.6 Å². The van der Waals surface area contributed by atoms with Gasteiger partial charge in [-0.15, -0.1) is 11.4 Å². The van der Waals surface area contributed by atoms with Crippen molar-refractivity contribution in [2.45, 2.75) is 17.3 Å². The van der Waals surface area contributed by atoms with Crippen LogP contribution in [0.2, 0.25) is 0 Å². The summed E-state index contributed by atoms with van der Waals surface area (Å²) in [6.07, 6.45) is 25.0. The van der Waals surface area contributed by atoms with Gasteiger partial charge in [0.2, 0.25) is 0 Å². The Balaban J connectivity index is 0.000000190. The zero-order chi connectivity index (χ0) is 13.6. The molecule has 0 amide bonds. The van der Waals surface area contributed by atoms with E-state index < -0.39 is 5.24 Å². The maximum atomic E-state index is 5.99. The van der Waals surface area contributed by atoms with Crippen LogP contribution in [0.25, 0.3) is 0 Å². The molecule has 2 bridgehead atoms. The average molecular weight is 372 g/mol. The molecule has 1 heterocycles. The monoisotopic (exact) mass is 372 g/mol. The predicted octanol–water partition coefficient (Wildman–Crippen LogP) is 4.45. The molecule has 3 saturated carbocycles. The fourth-order valence-corrected chi connectivity index (χ4v) is 13.4. The molecule has 21 heavy (non-hydrogen) atoms. The molecule has 0 aromatic carbocycles. The van der Waals surface area contributed by atoms with Gasteiger partial charge in [-0.05, 0) is 76.0 Å². The van der Waals surface area contributed by atoms with E-state index in [2.05, 4.69) is 49.2 Å². The second-order valence-corrected chi connectivity index (χ2v) is 13.6. The van der Waals surface area contributed by atoms with Crippen molar-refractivity contribution in [2.75, 3.05) is 0 Å². The van der Waals surface area contributed by atoms with E-state index in [4.69, 9.17) is 11.8 Å². The Bertz CT molecular complexity index is 432. The zero-order valence-electron chi connectivity index (χ0n) is 11.5. The number of allylic oxidation sites excluding steroid dienone is 2. The molecule has 0 nitrogen and oxygen atoms in total. The third kappa shape index (κ3) is 3.00. The van der Waals surface area contributed by atoms with Crippen LogP contribution in [0, 0.1) is 75.3 Å². The summed E-state index contributed by atoms with van der Waals surface area (Å²) in [5.41, 5.74) is 2.32. The molecule has 5 rings (SSSR count). The van der Waals surface area contributed by atoms with Gasteiger partial charge in [-0.3, -0.25) is 0 Å². The smallest absolute Gasteiger partial charge is 0.0269 e. The molecular weight excluding hydrogens is 355 g/mol. The van der Waals surface area contributed by atoms with Crippen molar-refractivity contribution in [3.8, 4) is 0 Å². The molecule has 0 N–H and O–H groups in total. The van der Waals surface area contributed by atoms with Crippen molar-refractivity contribution < 1.29 is 17.1 Å². The van der Waals surface area contributed by atoms with Crippen molar-refractivity contribution in [2.24, 2.45) is 11.8 Å². The Labute approximate surface area is 149 Å². The standard InChI is InChI=1S/C12H12PS2.C5H5.Fe/c14-13(10-3-1-2-4-10)11-8-5-6-9(7-8)12(11)15-13;1-2-4-5-3-1;/h1-6,8-9,11-12H,7H2;1-5H;/t8-,9+,11+,12-,13?;;/m1../s1. The van der Waals surface area contributed by atoms with Gasteiger partial charge in [0.25, 0.3) is 0 Å². The Morgan fingerprint density at radius 2 is 1.48 bits per heavy atom. The van der Waals surface area contributed by atoms with Crippen molar-refractivity contribution in [1.82, 2.24) is 0 Å². The van der Waals surface area contributed by atoms with E-state index in [1.807, 2.05) is 32.1 Å². The van der Waals surface area contributed by atoms with E-state index in [0.717, 1.165) is 22.7 Å². The van der Waals surface area contributed by atoms with Crippen LogP contribution in [0.5, 0.6) is 0 Å². The maximum absolute atomic E-state index is 5.99. The van der Waals surface area contributed by atoms with Gasteiger partial charge in [0, 0.05) is 38.9 Å². The topological polar surface area (TPSA) is 0 Å². The van der Waals surface area contributed by atoms with Crippen LogP contribution in [0.1, 0.15) is 6.42 Å². The molecule has 4 heteroatoms. The molecule has 0 aromatic heterocycles. The van der Waals surface area contributed by atoms with Gasteiger partial charge in [-0.2, -0.15) is 0 Å². The molecule has 5 aliphatic rings. The average Bonchev–Trinajstić information content (AvgIpc) is 3.18. The van der Waals surface area contributed by atoms with Gasteiger partial charge in [0.15, 0.2) is 0 Å². The van der Waals surface area contributed by atoms with Crippen molar-refractivity contribution >= 4 is 28.4 Å². The molecule has 0 spiro atoms. The molecule has 1 saturated heterocycles. The predicted molar refractivity (Wildman–Crippen MR) is 92.1 cm³/mol. The van der Waals surface area contributed by atoms with Crippen LogP contribution in [0.4, 0.5) is 0 Å². The van der Waals surface area contributed by atoms with Crippen LogP contribution in [-0.4, -0.2) is 10.9 Å². The molecule has 4 aliphatic carbocycles. The van der Waals surface area contributed by atoms with E-state index in [1.165, 1.54) is 12.1 Å². The Morgan fingerprint density at radius 1 is 0.905 bits per heavy atom. The van der Waals surface area contributed by atoms with E-state index >= 15 is 0 Å². The van der Waals surface area contributed by atoms with Gasteiger partial charge < -0.3 is 0 Å². The van der Waals surface area contributed by atoms with Crippen LogP contribution in [0.15, 0.2) is 12.2 Å². The Hall–Kier alpha value is 1.26. The third-order valence-electron chi connectivity index (χ3n) is 4.58. The molecule has 1 aliphatic heterocycles. The van der Waals surface area contributed by atoms with Crippen molar-refractivity contribution in [3.63, 3.8) is 0 Å². The minimum absolute atomic E-state index is 0. The second kappa shape index (κ2) is 7.02. The minimum atomic E-state index is -1.24. The zero-order valence-corrected chi connectivity index (χ0v) is 15.1. The van der Waals surface area contributed by atoms with Crippen LogP contribution in [0.3, 0.4) is 0 Å². The van der Waals surface area contributed by atoms with Gasteiger partial charge in [-0.1, -0.05) is 24.0 Å². The van der Waals surface area contributed by atoms with Crippen molar-refractivity contribution in [1.29, 1.82) is 0 Å². The fourth-order valence-electron chi connectivity index (χ4n) is 3.65. The largest absolute Gasteiger partial charge is 0.118 e. The minimum Gasteiger partial charge on any atom is -0.118 e. The van der Waals surface area contributed by atoms with E-state index in [1.54, 1.807) is 0 Å². The number of hydrogen-bond donors (Lipinski definition) is 0. The first-order valence-electron chi connectivity index (χ1n) is 7.14. The first-order valence-corrected chi connectivity index (χ1v) is 11.5. The SMILES string of the molecule is S=P1([C]2[CH][CH][CH][CH]2)S[C@H]2[C@@H]1[C@@H]1C=C[C@H]2C1.[CH]1[CH][CH][CH][CH]1.[Fe]. The number of fused-ring (bicyclic) bond motifs is 5. The van der Waals surface area contributed by atoms with Gasteiger partial charge in [0.1, 0.15) is 0 Å². The molecule has 4 fully saturated rings. The summed E-state index contributed by atoms with van der Waals surface area (Å²) in [5.74, 6) is 1.68. The summed E-state index contributed by atoms with van der Waals surface area (Å²) in [6, 6.07) is 0. The van der Waals surface area contributed by atoms with E-state index in [0.29, 0.717) is 0 Å². The molecule has 10 radical (unpaired) electrons. The Morgan fingerprint density at radius 3 is 2.05 bits per heavy atom. The summed E-state index contributed by atoms with van der Waals surface area (Å²) in [7, 11) is 0. The van der Waals surface area contributed by atoms with Gasteiger partial charge in [-0.25, -0.2) is 0 Å². The molecular formula is C17H17FePS2. The van der Waals surface area contributed by atoms with Crippen LogP contribution in [-0.2, 0) is 28.9 Å². The third-order valence-corrected chi connectivity index (χ3v) is 13.7. The molecule has 110 valence electrons. The van der Waals surface area contributed by atoms with Crippen LogP contribution >= 0.6 is 16.6 Å².